The normalized spacial score (nSPS) is 18.1. The molecule has 1 saturated carbocycles. The molecule has 0 bridgehead atoms. The van der Waals surface area contributed by atoms with Gasteiger partial charge in [-0.2, -0.15) is 10.2 Å². The SMILES string of the molecule is Cc1cc2ccccc2n1CCNc1ncc(C#N)c(N[C@@H]2CCCC(C)(C)C2)n1. The standard InChI is InChI=1S/C24H30N6/c1-17-13-18-7-4-5-9-21(18)30(17)12-11-26-23-27-16-19(15-25)22(29-23)28-20-8-6-10-24(2,3)14-20/h4-5,7,9,13,16,20H,6,8,10-12,14H2,1-3H3,(H2,26,27,28,29)/t20-/m1/s1. The van der Waals surface area contributed by atoms with E-state index in [1.807, 2.05) is 0 Å². The molecule has 6 heteroatoms. The van der Waals surface area contributed by atoms with E-state index in [0.717, 1.165) is 19.4 Å². The first-order valence-electron chi connectivity index (χ1n) is 10.8. The van der Waals surface area contributed by atoms with Gasteiger partial charge in [0.1, 0.15) is 17.5 Å². The molecule has 156 valence electrons. The van der Waals surface area contributed by atoms with Crippen molar-refractivity contribution >= 4 is 22.7 Å². The van der Waals surface area contributed by atoms with Crippen LogP contribution >= 0.6 is 0 Å². The Hall–Kier alpha value is -3.07. The van der Waals surface area contributed by atoms with Crippen LogP contribution in [0.15, 0.2) is 36.5 Å². The Morgan fingerprint density at radius 2 is 2.13 bits per heavy atom. The van der Waals surface area contributed by atoms with Gasteiger partial charge in [0.25, 0.3) is 0 Å². The average molecular weight is 403 g/mol. The van der Waals surface area contributed by atoms with Crippen molar-refractivity contribution in [3.8, 4) is 6.07 Å². The largest absolute Gasteiger partial charge is 0.366 e. The predicted octanol–water partition coefficient (Wildman–Crippen LogP) is 5.10. The number of para-hydroxylation sites is 1. The van der Waals surface area contributed by atoms with E-state index in [2.05, 4.69) is 82.3 Å². The van der Waals surface area contributed by atoms with Gasteiger partial charge < -0.3 is 15.2 Å². The topological polar surface area (TPSA) is 78.6 Å². The minimum Gasteiger partial charge on any atom is -0.366 e. The van der Waals surface area contributed by atoms with Crippen LogP contribution in [0.5, 0.6) is 0 Å². The third-order valence-corrected chi connectivity index (χ3v) is 6.09. The first-order chi connectivity index (χ1) is 14.4. The molecule has 1 atom stereocenters. The monoisotopic (exact) mass is 402 g/mol. The average Bonchev–Trinajstić information content (AvgIpc) is 3.03. The zero-order valence-electron chi connectivity index (χ0n) is 18.1. The summed E-state index contributed by atoms with van der Waals surface area (Å²) in [5.41, 5.74) is 3.30. The summed E-state index contributed by atoms with van der Waals surface area (Å²) in [6.45, 7) is 8.29. The van der Waals surface area contributed by atoms with Gasteiger partial charge in [0.2, 0.25) is 5.95 Å². The summed E-state index contributed by atoms with van der Waals surface area (Å²) in [7, 11) is 0. The number of nitrogens with zero attached hydrogens (tertiary/aromatic N) is 4. The number of benzene rings is 1. The van der Waals surface area contributed by atoms with Crippen molar-refractivity contribution in [1.29, 1.82) is 5.26 Å². The van der Waals surface area contributed by atoms with E-state index < -0.39 is 0 Å². The number of hydrogen-bond acceptors (Lipinski definition) is 5. The summed E-state index contributed by atoms with van der Waals surface area (Å²) in [4.78, 5) is 8.97. The Kier molecular flexibility index (Phi) is 5.63. The molecule has 0 aliphatic heterocycles. The molecular formula is C24H30N6. The van der Waals surface area contributed by atoms with Crippen molar-refractivity contribution in [2.24, 2.45) is 5.41 Å². The number of hydrogen-bond donors (Lipinski definition) is 2. The van der Waals surface area contributed by atoms with E-state index in [4.69, 9.17) is 0 Å². The van der Waals surface area contributed by atoms with Crippen molar-refractivity contribution in [3.05, 3.63) is 47.8 Å². The Labute approximate surface area is 178 Å². The van der Waals surface area contributed by atoms with Crippen LogP contribution < -0.4 is 10.6 Å². The Morgan fingerprint density at radius 1 is 1.30 bits per heavy atom. The molecule has 0 radical (unpaired) electrons. The van der Waals surface area contributed by atoms with E-state index in [1.54, 1.807) is 6.20 Å². The molecule has 6 nitrogen and oxygen atoms in total. The molecule has 0 spiro atoms. The van der Waals surface area contributed by atoms with Crippen molar-refractivity contribution < 1.29 is 0 Å². The Bertz CT molecular complexity index is 1070. The lowest BCUT2D eigenvalue weighted by molar-refractivity contribution is 0.229. The maximum absolute atomic E-state index is 9.48. The summed E-state index contributed by atoms with van der Waals surface area (Å²) in [6.07, 6.45) is 6.26. The van der Waals surface area contributed by atoms with Gasteiger partial charge in [-0.05, 0) is 49.1 Å². The number of rotatable bonds is 6. The van der Waals surface area contributed by atoms with Gasteiger partial charge in [-0.3, -0.25) is 0 Å². The second-order valence-corrected chi connectivity index (χ2v) is 9.09. The third-order valence-electron chi connectivity index (χ3n) is 6.09. The minimum atomic E-state index is 0.328. The van der Waals surface area contributed by atoms with E-state index in [1.165, 1.54) is 29.4 Å². The number of aryl methyl sites for hydroxylation is 1. The first kappa shape index (κ1) is 20.2. The Morgan fingerprint density at radius 3 is 2.93 bits per heavy atom. The molecule has 0 unspecified atom stereocenters. The van der Waals surface area contributed by atoms with Crippen molar-refractivity contribution in [2.75, 3.05) is 17.2 Å². The van der Waals surface area contributed by atoms with Crippen LogP contribution in [0, 0.1) is 23.7 Å². The molecule has 0 saturated heterocycles. The number of nitriles is 1. The van der Waals surface area contributed by atoms with Crippen molar-refractivity contribution in [2.45, 2.75) is 59.0 Å². The molecule has 0 amide bonds. The maximum atomic E-state index is 9.48. The molecule has 1 aliphatic rings. The molecule has 1 aliphatic carbocycles. The smallest absolute Gasteiger partial charge is 0.224 e. The molecule has 1 fully saturated rings. The fourth-order valence-electron chi connectivity index (χ4n) is 4.60. The zero-order chi connectivity index (χ0) is 21.1. The highest BCUT2D eigenvalue weighted by Crippen LogP contribution is 2.36. The summed E-state index contributed by atoms with van der Waals surface area (Å²) in [5.74, 6) is 1.20. The van der Waals surface area contributed by atoms with Crippen LogP contribution in [0.1, 0.15) is 50.8 Å². The van der Waals surface area contributed by atoms with Crippen molar-refractivity contribution in [3.63, 3.8) is 0 Å². The van der Waals surface area contributed by atoms with E-state index in [0.29, 0.717) is 35.3 Å². The fraction of sp³-hybridized carbons (Fsp3) is 0.458. The molecule has 2 aromatic heterocycles. The van der Waals surface area contributed by atoms with Gasteiger partial charge >= 0.3 is 0 Å². The second kappa shape index (κ2) is 8.35. The van der Waals surface area contributed by atoms with Crippen molar-refractivity contribution in [1.82, 2.24) is 14.5 Å². The number of aromatic nitrogens is 3. The lowest BCUT2D eigenvalue weighted by Crippen LogP contribution is -2.32. The summed E-state index contributed by atoms with van der Waals surface area (Å²) >= 11 is 0. The van der Waals surface area contributed by atoms with E-state index in [9.17, 15) is 5.26 Å². The van der Waals surface area contributed by atoms with Gasteiger partial charge in [0, 0.05) is 30.3 Å². The molecular weight excluding hydrogens is 372 g/mol. The van der Waals surface area contributed by atoms with Gasteiger partial charge in [0.05, 0.1) is 6.20 Å². The van der Waals surface area contributed by atoms with Crippen LogP contribution in [0.3, 0.4) is 0 Å². The molecule has 30 heavy (non-hydrogen) atoms. The predicted molar refractivity (Wildman–Crippen MR) is 122 cm³/mol. The zero-order valence-corrected chi connectivity index (χ0v) is 18.1. The third kappa shape index (κ3) is 4.40. The quantitative estimate of drug-likeness (QED) is 0.599. The molecule has 2 heterocycles. The van der Waals surface area contributed by atoms with Crippen LogP contribution in [0.4, 0.5) is 11.8 Å². The summed E-state index contributed by atoms with van der Waals surface area (Å²) in [6, 6.07) is 13.2. The van der Waals surface area contributed by atoms with Crippen LogP contribution in [0.25, 0.3) is 10.9 Å². The van der Waals surface area contributed by atoms with Crippen LogP contribution in [-0.2, 0) is 6.54 Å². The van der Waals surface area contributed by atoms with Crippen LogP contribution in [0.2, 0.25) is 0 Å². The van der Waals surface area contributed by atoms with Gasteiger partial charge in [0.15, 0.2) is 0 Å². The molecule has 2 N–H and O–H groups in total. The highest BCUT2D eigenvalue weighted by atomic mass is 15.2. The lowest BCUT2D eigenvalue weighted by Gasteiger charge is -2.35. The highest BCUT2D eigenvalue weighted by molar-refractivity contribution is 5.81. The lowest BCUT2D eigenvalue weighted by atomic mass is 9.75. The van der Waals surface area contributed by atoms with E-state index in [-0.39, 0.29) is 0 Å². The Balaban J connectivity index is 1.44. The van der Waals surface area contributed by atoms with Crippen LogP contribution in [-0.4, -0.2) is 27.1 Å². The number of nitrogens with one attached hydrogen (secondary N) is 2. The van der Waals surface area contributed by atoms with Gasteiger partial charge in [-0.15, -0.1) is 0 Å². The molecule has 3 aromatic rings. The molecule has 1 aromatic carbocycles. The first-order valence-corrected chi connectivity index (χ1v) is 10.8. The maximum Gasteiger partial charge on any atom is 0.224 e. The fourth-order valence-corrected chi connectivity index (χ4v) is 4.60. The van der Waals surface area contributed by atoms with E-state index >= 15 is 0 Å². The number of anilines is 2. The second-order valence-electron chi connectivity index (χ2n) is 9.09. The van der Waals surface area contributed by atoms with Gasteiger partial charge in [-0.1, -0.05) is 38.5 Å². The summed E-state index contributed by atoms with van der Waals surface area (Å²) in [5, 5.41) is 17.6. The minimum absolute atomic E-state index is 0.328. The van der Waals surface area contributed by atoms with Gasteiger partial charge in [-0.25, -0.2) is 4.98 Å². The summed E-state index contributed by atoms with van der Waals surface area (Å²) < 4.78 is 2.30. The highest BCUT2D eigenvalue weighted by Gasteiger charge is 2.28. The molecule has 4 rings (SSSR count). The number of fused-ring (bicyclic) bond motifs is 1.